The first-order chi connectivity index (χ1) is 14.6. The van der Waals surface area contributed by atoms with Gasteiger partial charge < -0.3 is 9.88 Å². The van der Waals surface area contributed by atoms with Gasteiger partial charge in [-0.15, -0.1) is 0 Å². The Labute approximate surface area is 173 Å². The maximum absolute atomic E-state index is 13.2. The topological polar surface area (TPSA) is 94.7 Å². The van der Waals surface area contributed by atoms with Gasteiger partial charge in [-0.05, 0) is 31.5 Å². The lowest BCUT2D eigenvalue weighted by atomic mass is 10.1. The van der Waals surface area contributed by atoms with Crippen molar-refractivity contribution in [3.05, 3.63) is 88.1 Å². The van der Waals surface area contributed by atoms with E-state index in [4.69, 9.17) is 0 Å². The van der Waals surface area contributed by atoms with Crippen LogP contribution >= 0.6 is 0 Å². The molecule has 0 radical (unpaired) electrons. The number of pyridine rings is 2. The second-order valence-electron chi connectivity index (χ2n) is 7.00. The molecule has 3 aromatic heterocycles. The number of aryl methyl sites for hydroxylation is 2. The molecular formula is C22H22N6O2. The molecule has 8 nitrogen and oxygen atoms in total. The fourth-order valence-corrected chi connectivity index (χ4v) is 3.42. The molecule has 0 spiro atoms. The van der Waals surface area contributed by atoms with Crippen LogP contribution in [-0.2, 0) is 13.1 Å². The highest BCUT2D eigenvalue weighted by Gasteiger charge is 2.21. The molecule has 0 bridgehead atoms. The summed E-state index contributed by atoms with van der Waals surface area (Å²) >= 11 is 0. The van der Waals surface area contributed by atoms with Crippen LogP contribution in [0.4, 0.5) is 0 Å². The number of fused-ring (bicyclic) bond motifs is 1. The number of nitrogens with one attached hydrogen (secondary N) is 1. The van der Waals surface area contributed by atoms with E-state index in [9.17, 15) is 9.59 Å². The maximum Gasteiger partial charge on any atom is 0.257 e. The van der Waals surface area contributed by atoms with Crippen molar-refractivity contribution < 1.29 is 4.79 Å². The van der Waals surface area contributed by atoms with Crippen molar-refractivity contribution in [2.45, 2.75) is 33.0 Å². The molecule has 0 aliphatic heterocycles. The number of hydrogen-bond donors (Lipinski definition) is 1. The normalized spacial score (nSPS) is 12.1. The average molecular weight is 402 g/mol. The fourth-order valence-electron chi connectivity index (χ4n) is 3.42. The number of aromatic nitrogens is 5. The van der Waals surface area contributed by atoms with Crippen LogP contribution in [0.25, 0.3) is 11.0 Å². The quantitative estimate of drug-likeness (QED) is 0.535. The van der Waals surface area contributed by atoms with E-state index in [1.165, 1.54) is 4.80 Å². The van der Waals surface area contributed by atoms with Crippen molar-refractivity contribution in [1.29, 1.82) is 0 Å². The minimum atomic E-state index is -0.439. The van der Waals surface area contributed by atoms with Crippen LogP contribution in [0.1, 0.15) is 34.6 Å². The van der Waals surface area contributed by atoms with E-state index in [2.05, 4.69) is 20.5 Å². The Balaban J connectivity index is 1.72. The SMILES string of the molecule is CCn1cc(C(=O)NC(Cn2nccn2)c2ccccc2)c(=O)c2ccc(C)nc21. The maximum atomic E-state index is 13.2. The lowest BCUT2D eigenvalue weighted by Gasteiger charge is -2.19. The van der Waals surface area contributed by atoms with Crippen molar-refractivity contribution in [3.8, 4) is 0 Å². The Hall–Kier alpha value is -3.81. The van der Waals surface area contributed by atoms with Crippen LogP contribution < -0.4 is 10.7 Å². The third-order valence-electron chi connectivity index (χ3n) is 4.97. The van der Waals surface area contributed by atoms with Crippen molar-refractivity contribution in [2.24, 2.45) is 0 Å². The lowest BCUT2D eigenvalue weighted by molar-refractivity contribution is 0.0929. The highest BCUT2D eigenvalue weighted by atomic mass is 16.2. The van der Waals surface area contributed by atoms with E-state index in [1.54, 1.807) is 30.7 Å². The van der Waals surface area contributed by atoms with Crippen molar-refractivity contribution in [2.75, 3.05) is 0 Å². The zero-order valence-corrected chi connectivity index (χ0v) is 16.8. The molecule has 0 aliphatic rings. The summed E-state index contributed by atoms with van der Waals surface area (Å²) in [6.07, 6.45) is 4.75. The molecule has 0 fully saturated rings. The van der Waals surface area contributed by atoms with Gasteiger partial charge in [-0.25, -0.2) is 4.98 Å². The first kappa shape index (κ1) is 19.5. The van der Waals surface area contributed by atoms with Crippen LogP contribution in [0, 0.1) is 6.92 Å². The number of amides is 1. The van der Waals surface area contributed by atoms with Gasteiger partial charge in [0, 0.05) is 18.4 Å². The molecular weight excluding hydrogens is 380 g/mol. The van der Waals surface area contributed by atoms with Gasteiger partial charge in [-0.3, -0.25) is 9.59 Å². The predicted molar refractivity (Wildman–Crippen MR) is 113 cm³/mol. The number of nitrogens with zero attached hydrogens (tertiary/aromatic N) is 5. The molecule has 0 aliphatic carbocycles. The molecule has 4 rings (SSSR count). The average Bonchev–Trinajstić information content (AvgIpc) is 3.27. The lowest BCUT2D eigenvalue weighted by Crippen LogP contribution is -2.35. The number of carbonyl (C=O) groups is 1. The second kappa shape index (κ2) is 8.28. The standard InChI is InChI=1S/C22H22N6O2/c1-3-27-13-18(20(29)17-10-9-15(2)25-21(17)27)22(30)26-19(14-28-23-11-12-24-28)16-7-5-4-6-8-16/h4-13,19H,3,14H2,1-2H3,(H,26,30). The van der Waals surface area contributed by atoms with E-state index in [0.717, 1.165) is 11.3 Å². The first-order valence-electron chi connectivity index (χ1n) is 9.77. The molecule has 1 N–H and O–H groups in total. The summed E-state index contributed by atoms with van der Waals surface area (Å²) in [6, 6.07) is 12.7. The number of rotatable bonds is 6. The second-order valence-corrected chi connectivity index (χ2v) is 7.00. The van der Waals surface area contributed by atoms with Gasteiger partial charge in [0.1, 0.15) is 11.2 Å². The Morgan fingerprint density at radius 3 is 2.53 bits per heavy atom. The van der Waals surface area contributed by atoms with Crippen molar-refractivity contribution in [3.63, 3.8) is 0 Å². The van der Waals surface area contributed by atoms with Gasteiger partial charge in [-0.2, -0.15) is 15.0 Å². The van der Waals surface area contributed by atoms with E-state index >= 15 is 0 Å². The first-order valence-corrected chi connectivity index (χ1v) is 9.77. The molecule has 3 heterocycles. The zero-order valence-electron chi connectivity index (χ0n) is 16.8. The third-order valence-corrected chi connectivity index (χ3v) is 4.97. The van der Waals surface area contributed by atoms with E-state index in [-0.39, 0.29) is 11.0 Å². The predicted octanol–water partition coefficient (Wildman–Crippen LogP) is 2.49. The summed E-state index contributed by atoms with van der Waals surface area (Å²) in [7, 11) is 0. The highest BCUT2D eigenvalue weighted by molar-refractivity contribution is 5.97. The summed E-state index contributed by atoms with van der Waals surface area (Å²) < 4.78 is 1.82. The van der Waals surface area contributed by atoms with E-state index in [1.807, 2.05) is 48.7 Å². The Morgan fingerprint density at radius 2 is 1.83 bits per heavy atom. The van der Waals surface area contributed by atoms with Gasteiger partial charge in [0.25, 0.3) is 5.91 Å². The molecule has 0 saturated carbocycles. The molecule has 1 unspecified atom stereocenters. The van der Waals surface area contributed by atoms with Crippen LogP contribution in [0.3, 0.4) is 0 Å². The summed E-state index contributed by atoms with van der Waals surface area (Å²) in [6.45, 7) is 4.76. The molecule has 4 aromatic rings. The molecule has 8 heteroatoms. The minimum absolute atomic E-state index is 0.0874. The van der Waals surface area contributed by atoms with Crippen molar-refractivity contribution >= 4 is 16.9 Å². The zero-order chi connectivity index (χ0) is 21.1. The van der Waals surface area contributed by atoms with Crippen molar-refractivity contribution in [1.82, 2.24) is 29.9 Å². The number of benzene rings is 1. The van der Waals surface area contributed by atoms with Crippen LogP contribution in [-0.4, -0.2) is 30.5 Å². The molecule has 1 amide bonds. The van der Waals surface area contributed by atoms with Gasteiger partial charge >= 0.3 is 0 Å². The Morgan fingerprint density at radius 1 is 1.10 bits per heavy atom. The summed E-state index contributed by atoms with van der Waals surface area (Å²) in [5, 5.41) is 11.7. The summed E-state index contributed by atoms with van der Waals surface area (Å²) in [4.78, 5) is 32.2. The van der Waals surface area contributed by atoms with Crippen LogP contribution in [0.5, 0.6) is 0 Å². The number of carbonyl (C=O) groups excluding carboxylic acids is 1. The summed E-state index contributed by atoms with van der Waals surface area (Å²) in [5.41, 5.74) is 2.06. The molecule has 1 atom stereocenters. The molecule has 1 aromatic carbocycles. The monoisotopic (exact) mass is 402 g/mol. The van der Waals surface area contributed by atoms with Gasteiger partial charge in [0.15, 0.2) is 0 Å². The largest absolute Gasteiger partial charge is 0.343 e. The van der Waals surface area contributed by atoms with E-state index < -0.39 is 11.9 Å². The van der Waals surface area contributed by atoms with Crippen LogP contribution in [0.2, 0.25) is 0 Å². The molecule has 0 saturated heterocycles. The Bertz CT molecular complexity index is 1230. The third kappa shape index (κ3) is 3.84. The van der Waals surface area contributed by atoms with Gasteiger partial charge in [-0.1, -0.05) is 30.3 Å². The molecule has 30 heavy (non-hydrogen) atoms. The minimum Gasteiger partial charge on any atom is -0.343 e. The number of hydrogen-bond acceptors (Lipinski definition) is 5. The van der Waals surface area contributed by atoms with Crippen LogP contribution in [0.15, 0.2) is 65.8 Å². The van der Waals surface area contributed by atoms with E-state index in [0.29, 0.717) is 24.1 Å². The van der Waals surface area contributed by atoms with Gasteiger partial charge in [0.05, 0.1) is 30.4 Å². The smallest absolute Gasteiger partial charge is 0.257 e. The van der Waals surface area contributed by atoms with Gasteiger partial charge in [0.2, 0.25) is 5.43 Å². The summed E-state index contributed by atoms with van der Waals surface area (Å²) in [5.74, 6) is -0.439. The highest BCUT2D eigenvalue weighted by Crippen LogP contribution is 2.16. The fraction of sp³-hybridized carbons (Fsp3) is 0.227. The molecule has 152 valence electrons. The Kier molecular flexibility index (Phi) is 5.38.